The van der Waals surface area contributed by atoms with Gasteiger partial charge in [0.15, 0.2) is 5.13 Å². The molecule has 3 rings (SSSR count). The Morgan fingerprint density at radius 2 is 2.05 bits per heavy atom. The van der Waals surface area contributed by atoms with Crippen molar-refractivity contribution in [3.8, 4) is 11.3 Å². The van der Waals surface area contributed by atoms with E-state index in [1.165, 1.54) is 23.7 Å². The molecule has 0 aliphatic carbocycles. The molecule has 0 bridgehead atoms. The highest BCUT2D eigenvalue weighted by Gasteiger charge is 2.31. The maximum absolute atomic E-state index is 12.9. The summed E-state index contributed by atoms with van der Waals surface area (Å²) in [4.78, 5) is 4.06. The average molecular weight is 310 g/mol. The number of aromatic nitrogens is 1. The normalized spacial score (nSPS) is 11.6. The molecule has 0 amide bonds. The predicted molar refractivity (Wildman–Crippen MR) is 74.5 cm³/mol. The van der Waals surface area contributed by atoms with E-state index in [4.69, 9.17) is 4.42 Å². The Labute approximate surface area is 122 Å². The van der Waals surface area contributed by atoms with Crippen LogP contribution in [-0.4, -0.2) is 4.98 Å². The van der Waals surface area contributed by atoms with Gasteiger partial charge in [-0.25, -0.2) is 4.98 Å². The zero-order valence-electron chi connectivity index (χ0n) is 10.5. The third kappa shape index (κ3) is 2.92. The fourth-order valence-electron chi connectivity index (χ4n) is 1.87. The van der Waals surface area contributed by atoms with E-state index in [-0.39, 0.29) is 0 Å². The molecule has 0 aliphatic heterocycles. The number of benzene rings is 1. The first-order chi connectivity index (χ1) is 10.0. The molecule has 0 radical (unpaired) electrons. The summed E-state index contributed by atoms with van der Waals surface area (Å²) in [5.41, 5.74) is 0.122. The van der Waals surface area contributed by atoms with Crippen molar-refractivity contribution in [1.29, 1.82) is 0 Å². The number of anilines is 2. The average Bonchev–Trinajstić information content (AvgIpc) is 3.10. The van der Waals surface area contributed by atoms with Crippen molar-refractivity contribution in [2.75, 3.05) is 5.32 Å². The second-order valence-corrected chi connectivity index (χ2v) is 5.09. The Hall–Kier alpha value is -2.28. The van der Waals surface area contributed by atoms with Crippen LogP contribution in [0.1, 0.15) is 5.56 Å². The maximum atomic E-state index is 12.9. The van der Waals surface area contributed by atoms with E-state index in [0.717, 1.165) is 12.1 Å². The Morgan fingerprint density at radius 3 is 2.67 bits per heavy atom. The molecule has 0 unspecified atom stereocenters. The van der Waals surface area contributed by atoms with E-state index in [0.29, 0.717) is 22.1 Å². The molecule has 2 heterocycles. The smallest absolute Gasteiger partial charge is 0.416 e. The van der Waals surface area contributed by atoms with Crippen LogP contribution in [0.5, 0.6) is 0 Å². The number of thiazole rings is 1. The molecule has 1 aromatic carbocycles. The molecule has 21 heavy (non-hydrogen) atoms. The number of rotatable bonds is 3. The molecule has 0 fully saturated rings. The first kappa shape index (κ1) is 13.7. The quantitative estimate of drug-likeness (QED) is 0.725. The highest BCUT2D eigenvalue weighted by molar-refractivity contribution is 7.13. The van der Waals surface area contributed by atoms with Crippen LogP contribution in [0, 0.1) is 0 Å². The number of hydrogen-bond acceptors (Lipinski definition) is 4. The minimum atomic E-state index is -4.40. The number of furan rings is 1. The molecule has 0 atom stereocenters. The van der Waals surface area contributed by atoms with Gasteiger partial charge in [-0.2, -0.15) is 13.2 Å². The zero-order valence-corrected chi connectivity index (χ0v) is 11.3. The SMILES string of the molecule is FC(F)(F)c1ccc(Nc2nccs2)c(-c2ccco2)c1. The third-order valence-electron chi connectivity index (χ3n) is 2.81. The van der Waals surface area contributed by atoms with Gasteiger partial charge in [-0.15, -0.1) is 11.3 Å². The van der Waals surface area contributed by atoms with Crippen molar-refractivity contribution in [3.05, 3.63) is 53.7 Å². The van der Waals surface area contributed by atoms with Crippen LogP contribution in [0.25, 0.3) is 11.3 Å². The minimum Gasteiger partial charge on any atom is -0.464 e. The Kier molecular flexibility index (Phi) is 3.42. The number of nitrogens with zero attached hydrogens (tertiary/aromatic N) is 1. The van der Waals surface area contributed by atoms with Gasteiger partial charge in [0.2, 0.25) is 0 Å². The fraction of sp³-hybridized carbons (Fsp3) is 0.0714. The molecule has 0 saturated heterocycles. The predicted octanol–water partition coefficient (Wildman–Crippen LogP) is 5.17. The van der Waals surface area contributed by atoms with Gasteiger partial charge in [0.25, 0.3) is 0 Å². The molecule has 2 aromatic heterocycles. The zero-order chi connectivity index (χ0) is 14.9. The maximum Gasteiger partial charge on any atom is 0.416 e. The largest absolute Gasteiger partial charge is 0.464 e. The van der Waals surface area contributed by atoms with E-state index in [9.17, 15) is 13.2 Å². The standard InChI is InChI=1S/C14H9F3N2OS/c15-14(16,17)9-3-4-11(19-13-18-5-7-21-13)10(8-9)12-2-1-6-20-12/h1-8H,(H,18,19). The summed E-state index contributed by atoms with van der Waals surface area (Å²) < 4.78 is 43.8. The summed E-state index contributed by atoms with van der Waals surface area (Å²) in [5.74, 6) is 0.361. The highest BCUT2D eigenvalue weighted by Crippen LogP contribution is 2.37. The number of nitrogens with one attached hydrogen (secondary N) is 1. The van der Waals surface area contributed by atoms with Crippen molar-refractivity contribution in [2.24, 2.45) is 0 Å². The lowest BCUT2D eigenvalue weighted by Crippen LogP contribution is -2.05. The third-order valence-corrected chi connectivity index (χ3v) is 3.50. The van der Waals surface area contributed by atoms with Crippen LogP contribution >= 0.6 is 11.3 Å². The van der Waals surface area contributed by atoms with Crippen LogP contribution < -0.4 is 5.32 Å². The molecule has 7 heteroatoms. The van der Waals surface area contributed by atoms with E-state index in [1.54, 1.807) is 23.7 Å². The van der Waals surface area contributed by atoms with Crippen LogP contribution in [0.2, 0.25) is 0 Å². The van der Waals surface area contributed by atoms with Crippen molar-refractivity contribution in [1.82, 2.24) is 4.98 Å². The molecule has 108 valence electrons. The van der Waals surface area contributed by atoms with E-state index in [2.05, 4.69) is 10.3 Å². The second-order valence-electron chi connectivity index (χ2n) is 4.20. The van der Waals surface area contributed by atoms with Crippen molar-refractivity contribution >= 4 is 22.2 Å². The highest BCUT2D eigenvalue weighted by atomic mass is 32.1. The summed E-state index contributed by atoms with van der Waals surface area (Å²) in [6.45, 7) is 0. The number of alkyl halides is 3. The fourth-order valence-corrected chi connectivity index (χ4v) is 2.41. The number of halogens is 3. The summed E-state index contributed by atoms with van der Waals surface area (Å²) in [6, 6.07) is 6.71. The topological polar surface area (TPSA) is 38.1 Å². The van der Waals surface area contributed by atoms with E-state index in [1.807, 2.05) is 0 Å². The van der Waals surface area contributed by atoms with Gasteiger partial charge in [0.05, 0.1) is 17.5 Å². The molecule has 0 saturated carbocycles. The Bertz CT molecular complexity index is 721. The molecule has 0 spiro atoms. The molecule has 3 nitrogen and oxygen atoms in total. The summed E-state index contributed by atoms with van der Waals surface area (Å²) in [5, 5.41) is 5.38. The van der Waals surface area contributed by atoms with Gasteiger partial charge in [-0.05, 0) is 30.3 Å². The van der Waals surface area contributed by atoms with Gasteiger partial charge < -0.3 is 9.73 Å². The van der Waals surface area contributed by atoms with Crippen LogP contribution in [0.4, 0.5) is 24.0 Å². The molecular formula is C14H9F3N2OS. The number of hydrogen-bond donors (Lipinski definition) is 1. The van der Waals surface area contributed by atoms with Gasteiger partial charge >= 0.3 is 6.18 Å². The Morgan fingerprint density at radius 1 is 1.19 bits per heavy atom. The van der Waals surface area contributed by atoms with E-state index < -0.39 is 11.7 Å². The lowest BCUT2D eigenvalue weighted by molar-refractivity contribution is -0.137. The molecule has 0 aliphatic rings. The van der Waals surface area contributed by atoms with Crippen molar-refractivity contribution < 1.29 is 17.6 Å². The Balaban J connectivity index is 2.07. The van der Waals surface area contributed by atoms with Crippen LogP contribution in [-0.2, 0) is 6.18 Å². The molecule has 3 aromatic rings. The first-order valence-corrected chi connectivity index (χ1v) is 6.83. The molecule has 1 N–H and O–H groups in total. The second kappa shape index (κ2) is 5.25. The lowest BCUT2D eigenvalue weighted by atomic mass is 10.1. The van der Waals surface area contributed by atoms with Crippen LogP contribution in [0.15, 0.2) is 52.6 Å². The first-order valence-electron chi connectivity index (χ1n) is 5.96. The van der Waals surface area contributed by atoms with Crippen molar-refractivity contribution in [2.45, 2.75) is 6.18 Å². The van der Waals surface area contributed by atoms with Gasteiger partial charge in [-0.1, -0.05) is 0 Å². The monoisotopic (exact) mass is 310 g/mol. The van der Waals surface area contributed by atoms with Gasteiger partial charge in [0.1, 0.15) is 5.76 Å². The van der Waals surface area contributed by atoms with Gasteiger partial charge in [0, 0.05) is 17.1 Å². The minimum absolute atomic E-state index is 0.338. The molecular weight excluding hydrogens is 301 g/mol. The van der Waals surface area contributed by atoms with E-state index >= 15 is 0 Å². The summed E-state index contributed by atoms with van der Waals surface area (Å²) in [7, 11) is 0. The van der Waals surface area contributed by atoms with Gasteiger partial charge in [-0.3, -0.25) is 0 Å². The van der Waals surface area contributed by atoms with Crippen molar-refractivity contribution in [3.63, 3.8) is 0 Å². The van der Waals surface area contributed by atoms with Crippen LogP contribution in [0.3, 0.4) is 0 Å². The lowest BCUT2D eigenvalue weighted by Gasteiger charge is -2.12. The summed E-state index contributed by atoms with van der Waals surface area (Å²) in [6.07, 6.45) is -1.37. The summed E-state index contributed by atoms with van der Waals surface area (Å²) >= 11 is 1.36.